The van der Waals surface area contributed by atoms with Gasteiger partial charge >= 0.3 is 0 Å². The number of thioether (sulfide) groups is 2. The summed E-state index contributed by atoms with van der Waals surface area (Å²) in [4.78, 5) is 34.1. The van der Waals surface area contributed by atoms with E-state index in [4.69, 9.17) is 0 Å². The first-order valence-electron chi connectivity index (χ1n) is 10.4. The highest BCUT2D eigenvalue weighted by atomic mass is 32.2. The molecule has 0 atom stereocenters. The van der Waals surface area contributed by atoms with Crippen molar-refractivity contribution >= 4 is 35.1 Å². The highest BCUT2D eigenvalue weighted by Gasteiger charge is 2.15. The van der Waals surface area contributed by atoms with Crippen LogP contribution in [0.1, 0.15) is 54.4 Å². The van der Waals surface area contributed by atoms with Crippen LogP contribution in [0, 0.1) is 50.4 Å². The van der Waals surface area contributed by atoms with Crippen molar-refractivity contribution in [1.82, 2.24) is 9.97 Å². The average molecular weight is 487 g/mol. The van der Waals surface area contributed by atoms with Crippen LogP contribution in [0.2, 0.25) is 0 Å². The highest BCUT2D eigenvalue weighted by molar-refractivity contribution is 8.00. The molecule has 1 aromatic carbocycles. The lowest BCUT2D eigenvalue weighted by Crippen LogP contribution is -2.07. The summed E-state index contributed by atoms with van der Waals surface area (Å²) in [5.74, 6) is 0.0640. The summed E-state index contributed by atoms with van der Waals surface area (Å²) in [6, 6.07) is 14.5. The molecule has 0 amide bonds. The van der Waals surface area contributed by atoms with Gasteiger partial charge < -0.3 is 0 Å². The molecule has 3 aromatic rings. The summed E-state index contributed by atoms with van der Waals surface area (Å²) < 4.78 is 0. The van der Waals surface area contributed by atoms with Crippen molar-refractivity contribution in [3.05, 3.63) is 81.2 Å². The number of nitriles is 2. The third kappa shape index (κ3) is 5.91. The molecule has 2 heterocycles. The zero-order valence-corrected chi connectivity index (χ0v) is 20.9. The minimum Gasteiger partial charge on any atom is -0.293 e. The lowest BCUT2D eigenvalue weighted by molar-refractivity contribution is 0.101. The second-order valence-corrected chi connectivity index (χ2v) is 9.67. The van der Waals surface area contributed by atoms with Crippen molar-refractivity contribution in [3.63, 3.8) is 0 Å². The maximum Gasteiger partial charge on any atom is 0.173 e. The van der Waals surface area contributed by atoms with E-state index in [0.717, 1.165) is 22.5 Å². The number of pyridine rings is 2. The molecule has 0 aliphatic heterocycles. The van der Waals surface area contributed by atoms with Crippen molar-refractivity contribution in [2.24, 2.45) is 0 Å². The predicted molar refractivity (Wildman–Crippen MR) is 133 cm³/mol. The van der Waals surface area contributed by atoms with Gasteiger partial charge in [0.15, 0.2) is 11.6 Å². The molecule has 0 spiro atoms. The minimum atomic E-state index is -0.110. The number of aryl methyl sites for hydroxylation is 4. The van der Waals surface area contributed by atoms with E-state index in [9.17, 15) is 20.1 Å². The van der Waals surface area contributed by atoms with E-state index < -0.39 is 0 Å². The van der Waals surface area contributed by atoms with Gasteiger partial charge in [-0.15, -0.1) is 0 Å². The van der Waals surface area contributed by atoms with Crippen LogP contribution in [0.4, 0.5) is 0 Å². The Balaban J connectivity index is 1.64. The Morgan fingerprint density at radius 1 is 0.735 bits per heavy atom. The zero-order chi connectivity index (χ0) is 24.8. The van der Waals surface area contributed by atoms with E-state index >= 15 is 0 Å². The van der Waals surface area contributed by atoms with Gasteiger partial charge in [-0.25, -0.2) is 9.97 Å². The number of hydrogen-bond donors (Lipinski definition) is 0. The quantitative estimate of drug-likeness (QED) is 0.307. The van der Waals surface area contributed by atoms with Crippen LogP contribution in [-0.2, 0) is 0 Å². The number of nitrogens with zero attached hydrogens (tertiary/aromatic N) is 4. The molecule has 0 bridgehead atoms. The SMILES string of the molecule is Cc1cc(C)c(C#N)c(SCC(=O)c2ccc(C(=O)CSc3nc(C)cc(C)c3C#N)cc2)n1. The van der Waals surface area contributed by atoms with Crippen LogP contribution in [0.5, 0.6) is 0 Å². The van der Waals surface area contributed by atoms with Gasteiger partial charge in [-0.1, -0.05) is 47.8 Å². The number of ketones is 2. The van der Waals surface area contributed by atoms with Crippen molar-refractivity contribution in [2.45, 2.75) is 37.7 Å². The van der Waals surface area contributed by atoms with E-state index in [2.05, 4.69) is 22.1 Å². The van der Waals surface area contributed by atoms with Gasteiger partial charge in [-0.05, 0) is 51.0 Å². The number of carbonyl (C=O) groups excluding carboxylic acids is 2. The summed E-state index contributed by atoms with van der Waals surface area (Å²) in [5, 5.41) is 19.9. The second-order valence-electron chi connectivity index (χ2n) is 7.75. The third-order valence-electron chi connectivity index (χ3n) is 5.06. The number of aromatic nitrogens is 2. The van der Waals surface area contributed by atoms with Crippen LogP contribution in [0.25, 0.3) is 0 Å². The van der Waals surface area contributed by atoms with E-state index in [1.807, 2.05) is 39.8 Å². The van der Waals surface area contributed by atoms with Gasteiger partial charge in [0, 0.05) is 22.5 Å². The fraction of sp³-hybridized carbons (Fsp3) is 0.231. The molecule has 0 unspecified atom stereocenters. The Morgan fingerprint density at radius 2 is 1.09 bits per heavy atom. The first kappa shape index (κ1) is 25.2. The molecule has 0 N–H and O–H groups in total. The van der Waals surface area contributed by atoms with Crippen molar-refractivity contribution < 1.29 is 9.59 Å². The lowest BCUT2D eigenvalue weighted by atomic mass is 10.1. The van der Waals surface area contributed by atoms with Crippen LogP contribution < -0.4 is 0 Å². The number of carbonyl (C=O) groups is 2. The molecular formula is C26H22N4O2S2. The molecule has 8 heteroatoms. The number of benzene rings is 1. The Morgan fingerprint density at radius 3 is 1.41 bits per heavy atom. The lowest BCUT2D eigenvalue weighted by Gasteiger charge is -2.08. The zero-order valence-electron chi connectivity index (χ0n) is 19.3. The maximum atomic E-state index is 12.7. The smallest absolute Gasteiger partial charge is 0.173 e. The Hall–Kier alpha value is -3.46. The molecule has 0 radical (unpaired) electrons. The third-order valence-corrected chi connectivity index (χ3v) is 7.01. The monoisotopic (exact) mass is 486 g/mol. The van der Waals surface area contributed by atoms with Crippen molar-refractivity contribution in [2.75, 3.05) is 11.5 Å². The number of rotatable bonds is 8. The number of hydrogen-bond acceptors (Lipinski definition) is 8. The summed E-state index contributed by atoms with van der Waals surface area (Å²) in [6.07, 6.45) is 0. The largest absolute Gasteiger partial charge is 0.293 e. The fourth-order valence-corrected chi connectivity index (χ4v) is 5.35. The molecule has 0 fully saturated rings. The minimum absolute atomic E-state index is 0.110. The van der Waals surface area contributed by atoms with E-state index in [-0.39, 0.29) is 23.1 Å². The first-order chi connectivity index (χ1) is 16.2. The highest BCUT2D eigenvalue weighted by Crippen LogP contribution is 2.26. The standard InChI is InChI=1S/C26H22N4O2S2/c1-15-9-17(3)29-25(21(15)11-27)33-13-23(31)19-5-7-20(8-6-19)24(32)14-34-26-22(12-28)16(2)10-18(4)30-26/h5-10H,13-14H2,1-4H3. The Labute approximate surface area is 207 Å². The van der Waals surface area contributed by atoms with Gasteiger partial charge in [-0.2, -0.15) is 10.5 Å². The summed E-state index contributed by atoms with van der Waals surface area (Å²) >= 11 is 2.48. The molecule has 0 aliphatic carbocycles. The van der Waals surface area contributed by atoms with E-state index in [1.54, 1.807) is 24.3 Å². The molecule has 2 aromatic heterocycles. The average Bonchev–Trinajstić information content (AvgIpc) is 2.80. The van der Waals surface area contributed by atoms with E-state index in [0.29, 0.717) is 32.3 Å². The topological polar surface area (TPSA) is 107 Å². The molecule has 6 nitrogen and oxygen atoms in total. The van der Waals surface area contributed by atoms with E-state index in [1.165, 1.54) is 23.5 Å². The Bertz CT molecular complexity index is 1250. The summed E-state index contributed by atoms with van der Waals surface area (Å²) in [6.45, 7) is 7.41. The van der Waals surface area contributed by atoms with Gasteiger partial charge in [0.1, 0.15) is 22.2 Å². The van der Waals surface area contributed by atoms with Crippen LogP contribution in [0.3, 0.4) is 0 Å². The fourth-order valence-electron chi connectivity index (χ4n) is 3.36. The summed E-state index contributed by atoms with van der Waals surface area (Å²) in [7, 11) is 0. The Kier molecular flexibility index (Phi) is 8.22. The first-order valence-corrected chi connectivity index (χ1v) is 12.4. The molecule has 0 aliphatic rings. The molecular weight excluding hydrogens is 464 g/mol. The van der Waals surface area contributed by atoms with Crippen LogP contribution in [0.15, 0.2) is 46.5 Å². The van der Waals surface area contributed by atoms with Crippen LogP contribution >= 0.6 is 23.5 Å². The van der Waals surface area contributed by atoms with Crippen molar-refractivity contribution in [1.29, 1.82) is 10.5 Å². The molecule has 3 rings (SSSR count). The summed E-state index contributed by atoms with van der Waals surface area (Å²) in [5.41, 5.74) is 5.21. The normalized spacial score (nSPS) is 10.4. The van der Waals surface area contributed by atoms with Gasteiger partial charge in [0.05, 0.1) is 22.6 Å². The molecule has 170 valence electrons. The van der Waals surface area contributed by atoms with Gasteiger partial charge in [0.2, 0.25) is 0 Å². The molecule has 0 saturated heterocycles. The van der Waals surface area contributed by atoms with Crippen LogP contribution in [-0.4, -0.2) is 33.0 Å². The number of Topliss-reactive ketones (excluding diaryl/α,β-unsaturated/α-hetero) is 2. The second kappa shape index (κ2) is 11.1. The maximum absolute atomic E-state index is 12.7. The molecule has 34 heavy (non-hydrogen) atoms. The molecule has 0 saturated carbocycles. The van der Waals surface area contributed by atoms with Crippen molar-refractivity contribution in [3.8, 4) is 12.1 Å². The van der Waals surface area contributed by atoms with Gasteiger partial charge in [-0.3, -0.25) is 9.59 Å². The predicted octanol–water partition coefficient (Wildman–Crippen LogP) is 5.40. The van der Waals surface area contributed by atoms with Gasteiger partial charge in [0.25, 0.3) is 0 Å².